The van der Waals surface area contributed by atoms with Gasteiger partial charge in [0.1, 0.15) is 6.10 Å². The molecule has 1 aromatic heterocycles. The zero-order chi connectivity index (χ0) is 9.97. The maximum absolute atomic E-state index is 9.73. The minimum absolute atomic E-state index is 0.292. The molecule has 1 aromatic rings. The molecule has 1 aliphatic rings. The number of ether oxygens (including phenoxy) is 1. The van der Waals surface area contributed by atoms with Crippen LogP contribution in [-0.2, 0) is 4.74 Å². The minimum atomic E-state index is -0.615. The van der Waals surface area contributed by atoms with Crippen molar-refractivity contribution in [1.29, 1.82) is 0 Å². The number of rotatable bonds is 4. The molecular weight excluding hydrogens is 182 g/mol. The van der Waals surface area contributed by atoms with Gasteiger partial charge >= 0.3 is 0 Å². The van der Waals surface area contributed by atoms with E-state index in [2.05, 4.69) is 10.3 Å². The van der Waals surface area contributed by atoms with Crippen molar-refractivity contribution in [2.45, 2.75) is 31.4 Å². The lowest BCUT2D eigenvalue weighted by molar-refractivity contribution is 0.0555. The quantitative estimate of drug-likeness (QED) is 0.771. The monoisotopic (exact) mass is 197 g/mol. The summed E-state index contributed by atoms with van der Waals surface area (Å²) in [5, 5.41) is 17.6. The van der Waals surface area contributed by atoms with Gasteiger partial charge in [0.25, 0.3) is 0 Å². The molecule has 1 heterocycles. The molecule has 1 fully saturated rings. The van der Waals surface area contributed by atoms with Crippen LogP contribution in [0.3, 0.4) is 0 Å². The van der Waals surface area contributed by atoms with E-state index in [1.54, 1.807) is 13.3 Å². The first-order valence-electron chi connectivity index (χ1n) is 4.90. The first-order valence-corrected chi connectivity index (χ1v) is 4.90. The van der Waals surface area contributed by atoms with E-state index < -0.39 is 6.10 Å². The van der Waals surface area contributed by atoms with Crippen molar-refractivity contribution in [1.82, 2.24) is 15.0 Å². The summed E-state index contributed by atoms with van der Waals surface area (Å²) in [4.78, 5) is 0. The predicted octanol–water partition coefficient (Wildman–Crippen LogP) is 0.683. The van der Waals surface area contributed by atoms with Crippen LogP contribution in [0.2, 0.25) is 0 Å². The first kappa shape index (κ1) is 9.61. The number of aromatic nitrogens is 3. The summed E-state index contributed by atoms with van der Waals surface area (Å²) >= 11 is 0. The van der Waals surface area contributed by atoms with E-state index in [1.165, 1.54) is 6.42 Å². The molecular formula is C9H15N3O2. The van der Waals surface area contributed by atoms with Crippen LogP contribution in [0.15, 0.2) is 6.20 Å². The average Bonchev–Trinajstić information content (AvgIpc) is 2.50. The Balaban J connectivity index is 2.11. The third-order valence-electron chi connectivity index (χ3n) is 2.69. The standard InChI is InChI=1S/C9H15N3O2/c1-14-6-9(13)8-5-10-11-12(8)7-3-2-4-7/h5,7,9,13H,2-4,6H2,1H3/t9-/m1/s1. The summed E-state index contributed by atoms with van der Waals surface area (Å²) in [6.45, 7) is 0.292. The molecule has 1 saturated carbocycles. The number of methoxy groups -OCH3 is 1. The van der Waals surface area contributed by atoms with Crippen LogP contribution in [0.1, 0.15) is 37.1 Å². The van der Waals surface area contributed by atoms with Gasteiger partial charge in [0.2, 0.25) is 0 Å². The Kier molecular flexibility index (Phi) is 2.79. The van der Waals surface area contributed by atoms with Crippen molar-refractivity contribution in [3.63, 3.8) is 0 Å². The fourth-order valence-electron chi connectivity index (χ4n) is 1.65. The van der Waals surface area contributed by atoms with Gasteiger partial charge < -0.3 is 9.84 Å². The molecule has 78 valence electrons. The van der Waals surface area contributed by atoms with Crippen molar-refractivity contribution in [3.8, 4) is 0 Å². The van der Waals surface area contributed by atoms with Crippen molar-refractivity contribution in [2.75, 3.05) is 13.7 Å². The van der Waals surface area contributed by atoms with E-state index in [4.69, 9.17) is 4.74 Å². The van der Waals surface area contributed by atoms with Gasteiger partial charge in [0, 0.05) is 7.11 Å². The van der Waals surface area contributed by atoms with Crippen LogP contribution in [0.5, 0.6) is 0 Å². The minimum Gasteiger partial charge on any atom is -0.384 e. The normalized spacial score (nSPS) is 19.3. The van der Waals surface area contributed by atoms with Crippen LogP contribution in [0.25, 0.3) is 0 Å². The van der Waals surface area contributed by atoms with Gasteiger partial charge in [-0.1, -0.05) is 5.21 Å². The van der Waals surface area contributed by atoms with Crippen LogP contribution in [0, 0.1) is 0 Å². The van der Waals surface area contributed by atoms with Crippen molar-refractivity contribution in [3.05, 3.63) is 11.9 Å². The fraction of sp³-hybridized carbons (Fsp3) is 0.778. The highest BCUT2D eigenvalue weighted by atomic mass is 16.5. The molecule has 0 aromatic carbocycles. The highest BCUT2D eigenvalue weighted by molar-refractivity contribution is 5.01. The van der Waals surface area contributed by atoms with Crippen LogP contribution in [-0.4, -0.2) is 33.8 Å². The average molecular weight is 197 g/mol. The summed E-state index contributed by atoms with van der Waals surface area (Å²) in [7, 11) is 1.57. The van der Waals surface area contributed by atoms with E-state index >= 15 is 0 Å². The Morgan fingerprint density at radius 3 is 3.07 bits per heavy atom. The molecule has 5 nitrogen and oxygen atoms in total. The SMILES string of the molecule is COC[C@@H](O)c1cnnn1C1CCC1. The number of hydrogen-bond donors (Lipinski definition) is 1. The largest absolute Gasteiger partial charge is 0.384 e. The Morgan fingerprint density at radius 1 is 1.71 bits per heavy atom. The van der Waals surface area contributed by atoms with Gasteiger partial charge in [-0.05, 0) is 19.3 Å². The number of aliphatic hydroxyl groups excluding tert-OH is 1. The highest BCUT2D eigenvalue weighted by Crippen LogP contribution is 2.32. The van der Waals surface area contributed by atoms with Crippen molar-refractivity contribution < 1.29 is 9.84 Å². The molecule has 1 N–H and O–H groups in total. The van der Waals surface area contributed by atoms with Gasteiger partial charge in [-0.2, -0.15) is 0 Å². The topological polar surface area (TPSA) is 60.2 Å². The Bertz CT molecular complexity index is 296. The van der Waals surface area contributed by atoms with Gasteiger partial charge in [0.05, 0.1) is 24.5 Å². The zero-order valence-corrected chi connectivity index (χ0v) is 8.26. The third kappa shape index (κ3) is 1.65. The lowest BCUT2D eigenvalue weighted by Crippen LogP contribution is -2.22. The smallest absolute Gasteiger partial charge is 0.120 e. The lowest BCUT2D eigenvalue weighted by atomic mass is 9.93. The summed E-state index contributed by atoms with van der Waals surface area (Å²) in [6.07, 6.45) is 4.51. The highest BCUT2D eigenvalue weighted by Gasteiger charge is 2.25. The van der Waals surface area contributed by atoms with E-state index in [9.17, 15) is 5.11 Å². The van der Waals surface area contributed by atoms with E-state index in [1.807, 2.05) is 4.68 Å². The van der Waals surface area contributed by atoms with Gasteiger partial charge in [-0.25, -0.2) is 4.68 Å². The Hall–Kier alpha value is -0.940. The summed E-state index contributed by atoms with van der Waals surface area (Å²) in [5.74, 6) is 0. The number of hydrogen-bond acceptors (Lipinski definition) is 4. The van der Waals surface area contributed by atoms with Crippen LogP contribution in [0.4, 0.5) is 0 Å². The van der Waals surface area contributed by atoms with E-state index in [0.29, 0.717) is 12.6 Å². The van der Waals surface area contributed by atoms with Crippen LogP contribution < -0.4 is 0 Å². The molecule has 14 heavy (non-hydrogen) atoms. The summed E-state index contributed by atoms with van der Waals surface area (Å²) in [6, 6.07) is 0.430. The second-order valence-electron chi connectivity index (χ2n) is 3.66. The third-order valence-corrected chi connectivity index (χ3v) is 2.69. The van der Waals surface area contributed by atoms with Gasteiger partial charge in [-0.3, -0.25) is 0 Å². The summed E-state index contributed by atoms with van der Waals surface area (Å²) < 4.78 is 6.72. The van der Waals surface area contributed by atoms with Crippen LogP contribution >= 0.6 is 0 Å². The second-order valence-corrected chi connectivity index (χ2v) is 3.66. The molecule has 0 amide bonds. The molecule has 1 atom stereocenters. The van der Waals surface area contributed by atoms with Crippen molar-refractivity contribution >= 4 is 0 Å². The second kappa shape index (κ2) is 4.06. The van der Waals surface area contributed by atoms with E-state index in [0.717, 1.165) is 18.5 Å². The molecule has 0 spiro atoms. The zero-order valence-electron chi connectivity index (χ0n) is 8.26. The Labute approximate surface area is 82.7 Å². The number of nitrogens with zero attached hydrogens (tertiary/aromatic N) is 3. The maximum Gasteiger partial charge on any atom is 0.120 e. The first-order chi connectivity index (χ1) is 6.83. The van der Waals surface area contributed by atoms with Gasteiger partial charge in [0.15, 0.2) is 0 Å². The molecule has 2 rings (SSSR count). The lowest BCUT2D eigenvalue weighted by Gasteiger charge is -2.27. The predicted molar refractivity (Wildman–Crippen MR) is 49.7 cm³/mol. The molecule has 0 aliphatic heterocycles. The molecule has 1 aliphatic carbocycles. The molecule has 0 radical (unpaired) electrons. The Morgan fingerprint density at radius 2 is 2.50 bits per heavy atom. The molecule has 0 bridgehead atoms. The summed E-state index contributed by atoms with van der Waals surface area (Å²) in [5.41, 5.74) is 0.761. The van der Waals surface area contributed by atoms with Crippen molar-refractivity contribution in [2.24, 2.45) is 0 Å². The van der Waals surface area contributed by atoms with E-state index in [-0.39, 0.29) is 0 Å². The van der Waals surface area contributed by atoms with Gasteiger partial charge in [-0.15, -0.1) is 5.10 Å². The molecule has 0 saturated heterocycles. The fourth-order valence-corrected chi connectivity index (χ4v) is 1.65. The maximum atomic E-state index is 9.73. The number of aliphatic hydroxyl groups is 1. The molecule has 5 heteroatoms. The molecule has 0 unspecified atom stereocenters.